The summed E-state index contributed by atoms with van der Waals surface area (Å²) in [6, 6.07) is 51.8. The summed E-state index contributed by atoms with van der Waals surface area (Å²) in [6.07, 6.45) is 5.20. The number of hydrogen-bond donors (Lipinski definition) is 8. The Balaban J connectivity index is 0.000000221. The smallest absolute Gasteiger partial charge is 0.339 e. The number of aliphatic carboxylic acids is 1. The number of nitrogens with zero attached hydrogens (tertiary/aromatic N) is 3. The van der Waals surface area contributed by atoms with Gasteiger partial charge < -0.3 is 66.2 Å². The zero-order valence-corrected chi connectivity index (χ0v) is 57.9. The minimum atomic E-state index is -1.11. The average Bonchev–Trinajstić information content (AvgIpc) is 0.834. The first-order chi connectivity index (χ1) is 47.1. The van der Waals surface area contributed by atoms with Gasteiger partial charge in [-0.25, -0.2) is 19.7 Å². The predicted octanol–water partition coefficient (Wildman–Crippen LogP) is 12.9. The van der Waals surface area contributed by atoms with Crippen LogP contribution in [0.1, 0.15) is 106 Å². The number of carboxylic acids is 2. The molecule has 9 rings (SSSR count). The molecule has 0 radical (unpaired) electrons. The fraction of sp³-hybridized carbons (Fsp3) is 0.260. The number of carbonyl (C=O) groups excluding carboxylic acids is 4. The third kappa shape index (κ3) is 25.8. The fourth-order valence-corrected chi connectivity index (χ4v) is 9.50. The Kier molecular flexibility index (Phi) is 28.6. The molecular formula is C77H87N9O13. The molecule has 0 saturated heterocycles. The van der Waals surface area contributed by atoms with E-state index in [2.05, 4.69) is 117 Å². The van der Waals surface area contributed by atoms with E-state index in [1.807, 2.05) is 72.8 Å². The molecule has 0 spiro atoms. The Bertz CT molecular complexity index is 4190. The number of nitrogens with two attached hydrogens (primary N) is 1. The molecule has 3 aromatic heterocycles. The quantitative estimate of drug-likeness (QED) is 0.0276. The molecule has 0 aliphatic rings. The van der Waals surface area contributed by atoms with Gasteiger partial charge in [0.2, 0.25) is 0 Å². The predicted molar refractivity (Wildman–Crippen MR) is 384 cm³/mol. The molecule has 0 fully saturated rings. The minimum absolute atomic E-state index is 0.0444. The van der Waals surface area contributed by atoms with Crippen LogP contribution < -0.4 is 46.5 Å². The summed E-state index contributed by atoms with van der Waals surface area (Å²) in [6.45, 7) is 18.2. The molecule has 3 heterocycles. The number of esters is 2. The van der Waals surface area contributed by atoms with Gasteiger partial charge in [0.15, 0.2) is 0 Å². The molecule has 518 valence electrons. The molecule has 0 unspecified atom stereocenters. The maximum atomic E-state index is 12.8. The third-order valence-corrected chi connectivity index (χ3v) is 14.1. The van der Waals surface area contributed by atoms with Gasteiger partial charge >= 0.3 is 23.9 Å². The lowest BCUT2D eigenvalue weighted by Crippen LogP contribution is -2.34. The monoisotopic (exact) mass is 1350 g/mol. The van der Waals surface area contributed by atoms with E-state index in [0.717, 1.165) is 50.8 Å². The first-order valence-electron chi connectivity index (χ1n) is 31.6. The number of hydrogen-bond acceptors (Lipinski definition) is 18. The highest BCUT2D eigenvalue weighted by Crippen LogP contribution is 2.31. The first-order valence-corrected chi connectivity index (χ1v) is 31.6. The van der Waals surface area contributed by atoms with Gasteiger partial charge in [-0.15, -0.1) is 0 Å². The van der Waals surface area contributed by atoms with E-state index in [4.69, 9.17) is 34.5 Å². The Morgan fingerprint density at radius 1 is 0.414 bits per heavy atom. The number of aromatic carboxylic acids is 1. The first kappa shape index (κ1) is 76.4. The number of amides is 2. The van der Waals surface area contributed by atoms with Crippen molar-refractivity contribution < 1.29 is 62.7 Å². The van der Waals surface area contributed by atoms with Crippen molar-refractivity contribution in [3.05, 3.63) is 232 Å². The Hall–Kier alpha value is -11.7. The summed E-state index contributed by atoms with van der Waals surface area (Å²) in [5, 5.41) is 32.9. The van der Waals surface area contributed by atoms with Crippen molar-refractivity contribution in [2.45, 2.75) is 93.2 Å². The Morgan fingerprint density at radius 2 is 0.737 bits per heavy atom. The highest BCUT2D eigenvalue weighted by molar-refractivity contribution is 6.00. The van der Waals surface area contributed by atoms with Gasteiger partial charge in [-0.3, -0.25) is 24.0 Å². The van der Waals surface area contributed by atoms with E-state index in [0.29, 0.717) is 42.4 Å². The van der Waals surface area contributed by atoms with E-state index in [9.17, 15) is 33.9 Å². The van der Waals surface area contributed by atoms with Gasteiger partial charge in [0.25, 0.3) is 11.8 Å². The molecule has 22 heteroatoms. The number of carbonyl (C=O) groups is 6. The summed E-state index contributed by atoms with van der Waals surface area (Å²) in [5.41, 5.74) is 16.8. The zero-order valence-electron chi connectivity index (χ0n) is 57.9. The molecule has 9 N–H and O–H groups in total. The Labute approximate surface area is 577 Å². The van der Waals surface area contributed by atoms with E-state index < -0.39 is 47.5 Å². The lowest BCUT2D eigenvalue weighted by molar-refractivity contribution is -0.154. The second-order valence-electron chi connectivity index (χ2n) is 24.5. The third-order valence-electron chi connectivity index (χ3n) is 14.1. The molecule has 2 amide bonds. The number of rotatable bonds is 23. The van der Waals surface area contributed by atoms with E-state index >= 15 is 0 Å². The van der Waals surface area contributed by atoms with Crippen LogP contribution in [-0.4, -0.2) is 113 Å². The van der Waals surface area contributed by atoms with Crippen LogP contribution >= 0.6 is 0 Å². The fourth-order valence-electron chi connectivity index (χ4n) is 9.50. The topological polar surface area (TPSA) is 314 Å². The summed E-state index contributed by atoms with van der Waals surface area (Å²) >= 11 is 0. The van der Waals surface area contributed by atoms with Crippen molar-refractivity contribution in [3.63, 3.8) is 0 Å². The van der Waals surface area contributed by atoms with Crippen molar-refractivity contribution in [3.8, 4) is 50.6 Å². The minimum Gasteiger partial charge on any atom is -0.496 e. The maximum Gasteiger partial charge on any atom is 0.339 e. The lowest BCUT2D eigenvalue weighted by Gasteiger charge is -2.19. The number of aryl methyl sites for hydroxylation is 3. The highest BCUT2D eigenvalue weighted by Gasteiger charge is 2.21. The number of pyridine rings is 3. The number of methoxy groups -OCH3 is 3. The largest absolute Gasteiger partial charge is 0.496 e. The summed E-state index contributed by atoms with van der Waals surface area (Å²) < 4.78 is 25.7. The van der Waals surface area contributed by atoms with Crippen LogP contribution in [0.4, 0.5) is 17.5 Å². The van der Waals surface area contributed by atoms with Crippen molar-refractivity contribution in [1.82, 2.24) is 25.6 Å². The average molecular weight is 1350 g/mol. The van der Waals surface area contributed by atoms with Crippen LogP contribution in [0.5, 0.6) is 17.2 Å². The molecule has 0 atom stereocenters. The van der Waals surface area contributed by atoms with Crippen LogP contribution in [0.2, 0.25) is 0 Å². The van der Waals surface area contributed by atoms with Gasteiger partial charge in [-0.05, 0) is 168 Å². The SMILES string of the molecule is CC(C)(C)OC(=O)CN.COc1ccc(-c2ccc(NCc3cccc(C)c3)nc2)cc1C(=O)NCC(=O)O.COc1ccc(-c2ccc(NCc3cccc(C)c3)nc2)cc1C(=O)NCC(=O)OC(C)(C)C.COc1ccc(-c2ccc(NCc3cccc(C)c3)nc2)cc1C(=O)O. The normalized spacial score (nSPS) is 10.6. The number of benzene rings is 6. The molecule has 0 aliphatic carbocycles. The molecule has 9 aromatic rings. The Morgan fingerprint density at radius 3 is 1.02 bits per heavy atom. The van der Waals surface area contributed by atoms with E-state index in [1.165, 1.54) is 54.7 Å². The number of ether oxygens (including phenoxy) is 5. The number of anilines is 3. The summed E-state index contributed by atoms with van der Waals surface area (Å²) in [5.74, 6) is -0.550. The van der Waals surface area contributed by atoms with Crippen molar-refractivity contribution in [2.75, 3.05) is 56.9 Å². The van der Waals surface area contributed by atoms with Gasteiger partial charge in [-0.2, -0.15) is 0 Å². The summed E-state index contributed by atoms with van der Waals surface area (Å²) in [4.78, 5) is 82.9. The molecule has 6 aromatic carbocycles. The second-order valence-corrected chi connectivity index (χ2v) is 24.5. The van der Waals surface area contributed by atoms with Gasteiger partial charge in [0.1, 0.15) is 64.6 Å². The number of aromatic nitrogens is 3. The maximum absolute atomic E-state index is 12.8. The molecule has 0 aliphatic heterocycles. The summed E-state index contributed by atoms with van der Waals surface area (Å²) in [7, 11) is 4.41. The van der Waals surface area contributed by atoms with E-state index in [-0.39, 0.29) is 30.2 Å². The van der Waals surface area contributed by atoms with Crippen molar-refractivity contribution in [2.24, 2.45) is 5.73 Å². The van der Waals surface area contributed by atoms with Crippen LogP contribution in [-0.2, 0) is 43.5 Å². The molecular weight excluding hydrogens is 1260 g/mol. The van der Waals surface area contributed by atoms with Crippen LogP contribution in [0.25, 0.3) is 33.4 Å². The lowest BCUT2D eigenvalue weighted by atomic mass is 10.0. The van der Waals surface area contributed by atoms with Gasteiger partial charge in [-0.1, -0.05) is 108 Å². The number of carboxylic acid groups (broad SMARTS) is 2. The van der Waals surface area contributed by atoms with Crippen LogP contribution in [0, 0.1) is 20.8 Å². The molecule has 99 heavy (non-hydrogen) atoms. The second kappa shape index (κ2) is 37.0. The van der Waals surface area contributed by atoms with Crippen LogP contribution in [0.3, 0.4) is 0 Å². The van der Waals surface area contributed by atoms with E-state index in [1.54, 1.807) is 96.5 Å². The number of nitrogens with one attached hydrogen (secondary N) is 5. The van der Waals surface area contributed by atoms with Gasteiger partial charge in [0.05, 0.1) is 39.0 Å². The van der Waals surface area contributed by atoms with Crippen LogP contribution in [0.15, 0.2) is 182 Å². The molecule has 22 nitrogen and oxygen atoms in total. The standard InChI is InChI=1S/C27H31N3O4.C23H23N3O4.C21H20N2O3.C6H13NO2/c1-18-7-6-8-19(13-18)15-28-24-12-10-21(16-29-24)20-9-11-23(33-5)22(14-20)26(32)30-17-25(31)34-27(2,3)4;1-15-4-3-5-16(10-15)12-24-21-9-7-18(13-25-21)17-6-8-20(30-2)19(11-17)23(29)26-14-22(27)28;1-14-4-3-5-15(10-14)12-22-20-9-7-17(13-23-20)16-6-8-19(26-2)18(11-16)21(24)25;1-6(2,3)9-5(8)4-7/h6-14,16H,15,17H2,1-5H3,(H,28,29)(H,30,32);3-11,13H,12,14H2,1-2H3,(H,24,25)(H,26,29)(H,27,28);3-11,13H,12H2,1-2H3,(H,22,23)(H,24,25);4,7H2,1-3H3. The van der Waals surface area contributed by atoms with Crippen molar-refractivity contribution in [1.29, 1.82) is 0 Å². The highest BCUT2D eigenvalue weighted by atomic mass is 16.6. The van der Waals surface area contributed by atoms with Gasteiger partial charge in [0, 0.05) is 54.9 Å². The zero-order chi connectivity index (χ0) is 72.2. The molecule has 0 bridgehead atoms. The molecule has 0 saturated carbocycles. The van der Waals surface area contributed by atoms with Crippen molar-refractivity contribution >= 4 is 53.1 Å².